The second kappa shape index (κ2) is 5.91. The van der Waals surface area contributed by atoms with Crippen molar-refractivity contribution >= 4 is 29.2 Å². The van der Waals surface area contributed by atoms with Crippen molar-refractivity contribution in [2.75, 3.05) is 7.11 Å². The summed E-state index contributed by atoms with van der Waals surface area (Å²) in [5.41, 5.74) is 0.187. The third-order valence-corrected chi connectivity index (χ3v) is 2.87. The molecule has 2 aromatic rings. The Labute approximate surface area is 119 Å². The molecule has 0 N–H and O–H groups in total. The zero-order valence-electron chi connectivity index (χ0n) is 9.89. The summed E-state index contributed by atoms with van der Waals surface area (Å²) < 4.78 is 10.2. The molecular formula is C13H9Cl2NO3. The highest BCUT2D eigenvalue weighted by atomic mass is 35.5. The summed E-state index contributed by atoms with van der Waals surface area (Å²) in [5.74, 6) is -0.0691. The van der Waals surface area contributed by atoms with Gasteiger partial charge < -0.3 is 9.47 Å². The van der Waals surface area contributed by atoms with E-state index >= 15 is 0 Å². The lowest BCUT2D eigenvalue weighted by molar-refractivity contribution is 0.0728. The second-order valence-corrected chi connectivity index (χ2v) is 4.34. The number of benzene rings is 1. The van der Waals surface area contributed by atoms with E-state index in [0.29, 0.717) is 10.8 Å². The van der Waals surface area contributed by atoms with Crippen molar-refractivity contribution in [3.63, 3.8) is 0 Å². The number of halogens is 2. The summed E-state index contributed by atoms with van der Waals surface area (Å²) in [6.45, 7) is 0. The number of aromatic nitrogens is 1. The van der Waals surface area contributed by atoms with Crippen molar-refractivity contribution in [1.29, 1.82) is 0 Å². The molecule has 0 fully saturated rings. The van der Waals surface area contributed by atoms with E-state index < -0.39 is 5.97 Å². The van der Waals surface area contributed by atoms with E-state index in [2.05, 4.69) is 4.98 Å². The number of hydrogen-bond donors (Lipinski definition) is 0. The van der Waals surface area contributed by atoms with Crippen LogP contribution < -0.4 is 9.47 Å². The minimum absolute atomic E-state index is 0.165. The van der Waals surface area contributed by atoms with Crippen LogP contribution in [0.15, 0.2) is 36.5 Å². The highest BCUT2D eigenvalue weighted by molar-refractivity contribution is 6.36. The van der Waals surface area contributed by atoms with Gasteiger partial charge in [0, 0.05) is 12.3 Å². The van der Waals surface area contributed by atoms with Gasteiger partial charge in [0.2, 0.25) is 0 Å². The van der Waals surface area contributed by atoms with Crippen molar-refractivity contribution in [2.45, 2.75) is 0 Å². The van der Waals surface area contributed by atoms with Crippen LogP contribution in [0.1, 0.15) is 10.5 Å². The second-order valence-electron chi connectivity index (χ2n) is 3.52. The monoisotopic (exact) mass is 297 g/mol. The molecule has 19 heavy (non-hydrogen) atoms. The fraction of sp³-hybridized carbons (Fsp3) is 0.0769. The maximum atomic E-state index is 11.8. The van der Waals surface area contributed by atoms with Gasteiger partial charge in [-0.05, 0) is 18.2 Å². The zero-order chi connectivity index (χ0) is 13.8. The van der Waals surface area contributed by atoms with Gasteiger partial charge in [0.1, 0.15) is 11.4 Å². The van der Waals surface area contributed by atoms with Gasteiger partial charge in [-0.3, -0.25) is 0 Å². The summed E-state index contributed by atoms with van der Waals surface area (Å²) >= 11 is 11.8. The molecule has 0 saturated carbocycles. The molecule has 0 bridgehead atoms. The first-order chi connectivity index (χ1) is 9.11. The lowest BCUT2D eigenvalue weighted by Crippen LogP contribution is -2.10. The number of nitrogens with zero attached hydrogens (tertiary/aromatic N) is 1. The predicted molar refractivity (Wildman–Crippen MR) is 72.2 cm³/mol. The lowest BCUT2D eigenvalue weighted by atomic mass is 10.3. The molecule has 0 unspecified atom stereocenters. The first-order valence-electron chi connectivity index (χ1n) is 5.28. The number of carbonyl (C=O) groups excluding carboxylic acids is 1. The van der Waals surface area contributed by atoms with Crippen molar-refractivity contribution in [3.05, 3.63) is 52.3 Å². The van der Waals surface area contributed by atoms with Gasteiger partial charge in [0.05, 0.1) is 17.2 Å². The average molecular weight is 298 g/mol. The topological polar surface area (TPSA) is 48.4 Å². The molecular weight excluding hydrogens is 289 g/mol. The van der Waals surface area contributed by atoms with Crippen LogP contribution in [0.25, 0.3) is 0 Å². The predicted octanol–water partition coefficient (Wildman–Crippen LogP) is 3.62. The first kappa shape index (κ1) is 13.6. The van der Waals surface area contributed by atoms with E-state index in [1.54, 1.807) is 18.2 Å². The summed E-state index contributed by atoms with van der Waals surface area (Å²) in [6, 6.07) is 7.83. The molecule has 1 aromatic carbocycles. The van der Waals surface area contributed by atoms with E-state index in [-0.39, 0.29) is 16.5 Å². The Balaban J connectivity index is 2.26. The summed E-state index contributed by atoms with van der Waals surface area (Å²) in [7, 11) is 1.46. The largest absolute Gasteiger partial charge is 0.495 e. The quantitative estimate of drug-likeness (QED) is 0.641. The molecule has 0 radical (unpaired) electrons. The number of rotatable bonds is 3. The first-order valence-corrected chi connectivity index (χ1v) is 6.03. The Kier molecular flexibility index (Phi) is 4.24. The molecule has 98 valence electrons. The minimum atomic E-state index is -0.605. The Morgan fingerprint density at radius 2 is 1.89 bits per heavy atom. The van der Waals surface area contributed by atoms with Gasteiger partial charge in [0.15, 0.2) is 5.75 Å². The van der Waals surface area contributed by atoms with Gasteiger partial charge in [-0.1, -0.05) is 29.3 Å². The minimum Gasteiger partial charge on any atom is -0.495 e. The summed E-state index contributed by atoms with van der Waals surface area (Å²) in [6.07, 6.45) is 1.50. The van der Waals surface area contributed by atoms with E-state index in [1.807, 2.05) is 0 Å². The summed E-state index contributed by atoms with van der Waals surface area (Å²) in [4.78, 5) is 15.7. The van der Waals surface area contributed by atoms with Gasteiger partial charge in [0.25, 0.3) is 0 Å². The Morgan fingerprint density at radius 3 is 2.53 bits per heavy atom. The molecule has 2 rings (SSSR count). The van der Waals surface area contributed by atoms with Crippen LogP contribution in [0.2, 0.25) is 10.0 Å². The lowest BCUT2D eigenvalue weighted by Gasteiger charge is -2.09. The highest BCUT2D eigenvalue weighted by Gasteiger charge is 2.14. The highest BCUT2D eigenvalue weighted by Crippen LogP contribution is 2.35. The molecule has 0 aliphatic heterocycles. The molecule has 0 atom stereocenters. The third kappa shape index (κ3) is 3.16. The van der Waals surface area contributed by atoms with Crippen molar-refractivity contribution in [3.8, 4) is 11.5 Å². The molecule has 0 amide bonds. The molecule has 0 aliphatic rings. The molecule has 0 spiro atoms. The number of pyridine rings is 1. The number of esters is 1. The van der Waals surface area contributed by atoms with Gasteiger partial charge in [-0.2, -0.15) is 0 Å². The normalized spacial score (nSPS) is 10.1. The van der Waals surface area contributed by atoms with E-state index in [9.17, 15) is 4.79 Å². The molecule has 1 heterocycles. The van der Waals surface area contributed by atoms with Crippen LogP contribution in [-0.2, 0) is 0 Å². The Hall–Kier alpha value is -1.78. The van der Waals surface area contributed by atoms with Crippen molar-refractivity contribution in [1.82, 2.24) is 4.98 Å². The van der Waals surface area contributed by atoms with Crippen molar-refractivity contribution in [2.24, 2.45) is 0 Å². The van der Waals surface area contributed by atoms with E-state index in [0.717, 1.165) is 0 Å². The van der Waals surface area contributed by atoms with Crippen LogP contribution in [-0.4, -0.2) is 18.1 Å². The number of ether oxygens (including phenoxy) is 2. The average Bonchev–Trinajstić information content (AvgIpc) is 2.42. The van der Waals surface area contributed by atoms with E-state index in [1.165, 1.54) is 25.4 Å². The van der Waals surface area contributed by atoms with Gasteiger partial charge in [-0.15, -0.1) is 0 Å². The number of methoxy groups -OCH3 is 1. The van der Waals surface area contributed by atoms with Gasteiger partial charge >= 0.3 is 5.97 Å². The van der Waals surface area contributed by atoms with Crippen LogP contribution in [0.5, 0.6) is 11.5 Å². The Morgan fingerprint density at radius 1 is 1.16 bits per heavy atom. The molecule has 4 nitrogen and oxygen atoms in total. The van der Waals surface area contributed by atoms with Crippen LogP contribution in [0.3, 0.4) is 0 Å². The number of carbonyl (C=O) groups is 1. The fourth-order valence-corrected chi connectivity index (χ4v) is 1.88. The van der Waals surface area contributed by atoms with E-state index in [4.69, 9.17) is 32.7 Å². The molecule has 1 aromatic heterocycles. The summed E-state index contributed by atoms with van der Waals surface area (Å²) in [5, 5.41) is 0.556. The third-order valence-electron chi connectivity index (χ3n) is 2.28. The molecule has 6 heteroatoms. The standard InChI is InChI=1S/C13H9Cl2NO3/c1-18-11-7-12(9(15)6-8(11)14)19-13(17)10-4-2-3-5-16-10/h2-7H,1H3. The van der Waals surface area contributed by atoms with Crippen molar-refractivity contribution < 1.29 is 14.3 Å². The molecule has 0 aliphatic carbocycles. The van der Waals surface area contributed by atoms with Crippen LogP contribution in [0, 0.1) is 0 Å². The number of hydrogen-bond acceptors (Lipinski definition) is 4. The Bertz CT molecular complexity index is 602. The SMILES string of the molecule is COc1cc(OC(=O)c2ccccn2)c(Cl)cc1Cl. The zero-order valence-corrected chi connectivity index (χ0v) is 11.4. The maximum absolute atomic E-state index is 11.8. The van der Waals surface area contributed by atoms with Crippen LogP contribution in [0.4, 0.5) is 0 Å². The van der Waals surface area contributed by atoms with Crippen LogP contribution >= 0.6 is 23.2 Å². The molecule has 0 saturated heterocycles. The fourth-order valence-electron chi connectivity index (χ4n) is 1.38. The smallest absolute Gasteiger partial charge is 0.362 e. The maximum Gasteiger partial charge on any atom is 0.362 e. The van der Waals surface area contributed by atoms with Gasteiger partial charge in [-0.25, -0.2) is 9.78 Å².